The van der Waals surface area contributed by atoms with Crippen LogP contribution in [0.1, 0.15) is 60.1 Å². The van der Waals surface area contributed by atoms with Gasteiger partial charge >= 0.3 is 0 Å². The molecule has 0 spiro atoms. The van der Waals surface area contributed by atoms with Crippen LogP contribution in [0.15, 0.2) is 60.7 Å². The Bertz CT molecular complexity index is 1000. The SMILES string of the molecule is Cc1c(NCc2ccccc2)cc2c(c1C)OCC2(C)c1ccc(C(C)C)cc1. The molecule has 1 unspecified atom stereocenters. The van der Waals surface area contributed by atoms with Crippen molar-refractivity contribution >= 4 is 5.69 Å². The number of rotatable bonds is 5. The van der Waals surface area contributed by atoms with Gasteiger partial charge in [0.2, 0.25) is 0 Å². The van der Waals surface area contributed by atoms with Gasteiger partial charge in [-0.3, -0.25) is 0 Å². The average molecular weight is 386 g/mol. The van der Waals surface area contributed by atoms with Crippen LogP contribution < -0.4 is 10.1 Å². The number of fused-ring (bicyclic) bond motifs is 1. The molecule has 3 aromatic carbocycles. The van der Waals surface area contributed by atoms with Crippen LogP contribution in [0.5, 0.6) is 5.75 Å². The molecule has 4 rings (SSSR count). The van der Waals surface area contributed by atoms with Crippen molar-refractivity contribution in [2.75, 3.05) is 11.9 Å². The zero-order chi connectivity index (χ0) is 20.6. The molecule has 1 atom stereocenters. The smallest absolute Gasteiger partial charge is 0.126 e. The minimum atomic E-state index is -0.132. The second-order valence-corrected chi connectivity index (χ2v) is 8.79. The van der Waals surface area contributed by atoms with Gasteiger partial charge in [0.1, 0.15) is 12.4 Å². The van der Waals surface area contributed by atoms with Gasteiger partial charge < -0.3 is 10.1 Å². The van der Waals surface area contributed by atoms with Crippen molar-refractivity contribution in [2.45, 2.75) is 52.5 Å². The maximum atomic E-state index is 6.25. The van der Waals surface area contributed by atoms with E-state index in [0.717, 1.165) is 12.3 Å². The fourth-order valence-electron chi connectivity index (χ4n) is 4.23. The molecule has 1 aliphatic heterocycles. The Morgan fingerprint density at radius 1 is 0.966 bits per heavy atom. The predicted octanol–water partition coefficient (Wildman–Crippen LogP) is 6.74. The lowest BCUT2D eigenvalue weighted by Crippen LogP contribution is -2.25. The number of benzene rings is 3. The summed E-state index contributed by atoms with van der Waals surface area (Å²) < 4.78 is 6.25. The summed E-state index contributed by atoms with van der Waals surface area (Å²) in [5.41, 5.74) is 8.83. The maximum absolute atomic E-state index is 6.25. The molecular weight excluding hydrogens is 354 g/mol. The molecule has 0 fully saturated rings. The van der Waals surface area contributed by atoms with Crippen LogP contribution in [0.25, 0.3) is 0 Å². The zero-order valence-electron chi connectivity index (χ0n) is 18.2. The van der Waals surface area contributed by atoms with Crippen molar-refractivity contribution in [3.63, 3.8) is 0 Å². The lowest BCUT2D eigenvalue weighted by Gasteiger charge is -2.25. The van der Waals surface area contributed by atoms with Gasteiger partial charge in [0.15, 0.2) is 0 Å². The van der Waals surface area contributed by atoms with E-state index in [-0.39, 0.29) is 5.41 Å². The molecule has 150 valence electrons. The largest absolute Gasteiger partial charge is 0.492 e. The Labute approximate surface area is 174 Å². The molecule has 3 aromatic rings. The van der Waals surface area contributed by atoms with Crippen LogP contribution in [0.3, 0.4) is 0 Å². The van der Waals surface area contributed by atoms with E-state index in [1.807, 2.05) is 0 Å². The van der Waals surface area contributed by atoms with Crippen LogP contribution in [-0.4, -0.2) is 6.61 Å². The molecule has 0 bridgehead atoms. The first-order valence-electron chi connectivity index (χ1n) is 10.6. The monoisotopic (exact) mass is 385 g/mol. The molecule has 1 N–H and O–H groups in total. The zero-order valence-corrected chi connectivity index (χ0v) is 18.2. The standard InChI is InChI=1S/C27H31NO/c1-18(2)22-11-13-23(14-12-22)27(5)17-29-26-20(4)19(3)25(15-24(26)27)28-16-21-9-7-6-8-10-21/h6-15,18,28H,16-17H2,1-5H3. The molecule has 0 saturated heterocycles. The van der Waals surface area contributed by atoms with E-state index in [2.05, 4.69) is 101 Å². The highest BCUT2D eigenvalue weighted by atomic mass is 16.5. The number of anilines is 1. The van der Waals surface area contributed by atoms with E-state index >= 15 is 0 Å². The van der Waals surface area contributed by atoms with Crippen molar-refractivity contribution in [3.05, 3.63) is 94.0 Å². The van der Waals surface area contributed by atoms with E-state index < -0.39 is 0 Å². The first-order chi connectivity index (χ1) is 13.9. The Balaban J connectivity index is 1.70. The van der Waals surface area contributed by atoms with Crippen molar-refractivity contribution < 1.29 is 4.74 Å². The quantitative estimate of drug-likeness (QED) is 0.525. The van der Waals surface area contributed by atoms with Crippen LogP contribution >= 0.6 is 0 Å². The number of nitrogens with one attached hydrogen (secondary N) is 1. The van der Waals surface area contributed by atoms with Crippen molar-refractivity contribution in [1.29, 1.82) is 0 Å². The second-order valence-electron chi connectivity index (χ2n) is 8.79. The summed E-state index contributed by atoms with van der Waals surface area (Å²) in [6.45, 7) is 12.6. The highest BCUT2D eigenvalue weighted by Crippen LogP contribution is 2.47. The second kappa shape index (κ2) is 7.59. The molecule has 0 radical (unpaired) electrons. The summed E-state index contributed by atoms with van der Waals surface area (Å²) in [5.74, 6) is 1.60. The van der Waals surface area contributed by atoms with Gasteiger partial charge in [-0.05, 0) is 60.6 Å². The maximum Gasteiger partial charge on any atom is 0.126 e. The Kier molecular flexibility index (Phi) is 5.12. The van der Waals surface area contributed by atoms with Gasteiger partial charge in [0.05, 0.1) is 5.41 Å². The summed E-state index contributed by atoms with van der Waals surface area (Å²) in [6, 6.07) is 21.9. The number of hydrogen-bond acceptors (Lipinski definition) is 2. The molecule has 0 saturated carbocycles. The van der Waals surface area contributed by atoms with Crippen LogP contribution in [-0.2, 0) is 12.0 Å². The van der Waals surface area contributed by atoms with Crippen LogP contribution in [0, 0.1) is 13.8 Å². The molecule has 2 nitrogen and oxygen atoms in total. The molecule has 1 aliphatic rings. The van der Waals surface area contributed by atoms with Gasteiger partial charge in [0.25, 0.3) is 0 Å². The fraction of sp³-hybridized carbons (Fsp3) is 0.333. The van der Waals surface area contributed by atoms with Crippen molar-refractivity contribution in [1.82, 2.24) is 0 Å². The molecular formula is C27H31NO. The molecule has 2 heteroatoms. The predicted molar refractivity (Wildman–Crippen MR) is 122 cm³/mol. The van der Waals surface area contributed by atoms with Gasteiger partial charge in [-0.25, -0.2) is 0 Å². The summed E-state index contributed by atoms with van der Waals surface area (Å²) in [4.78, 5) is 0. The highest BCUT2D eigenvalue weighted by molar-refractivity contribution is 5.66. The average Bonchev–Trinajstić information content (AvgIpc) is 3.08. The Morgan fingerprint density at radius 3 is 2.31 bits per heavy atom. The lowest BCUT2D eigenvalue weighted by atomic mass is 9.76. The summed E-state index contributed by atoms with van der Waals surface area (Å²) >= 11 is 0. The third kappa shape index (κ3) is 3.53. The first-order valence-corrected chi connectivity index (χ1v) is 10.6. The summed E-state index contributed by atoms with van der Waals surface area (Å²) in [7, 11) is 0. The summed E-state index contributed by atoms with van der Waals surface area (Å²) in [6.07, 6.45) is 0. The third-order valence-corrected chi connectivity index (χ3v) is 6.48. The summed E-state index contributed by atoms with van der Waals surface area (Å²) in [5, 5.41) is 3.66. The van der Waals surface area contributed by atoms with Crippen LogP contribution in [0.4, 0.5) is 5.69 Å². The molecule has 29 heavy (non-hydrogen) atoms. The highest BCUT2D eigenvalue weighted by Gasteiger charge is 2.39. The van der Waals surface area contributed by atoms with Gasteiger partial charge in [-0.15, -0.1) is 0 Å². The van der Waals surface area contributed by atoms with E-state index in [1.54, 1.807) is 0 Å². The fourth-order valence-corrected chi connectivity index (χ4v) is 4.23. The minimum absolute atomic E-state index is 0.132. The Hall–Kier alpha value is -2.74. The van der Waals surface area contributed by atoms with E-state index in [1.165, 1.54) is 39.1 Å². The van der Waals surface area contributed by atoms with Crippen molar-refractivity contribution in [3.8, 4) is 5.75 Å². The van der Waals surface area contributed by atoms with Gasteiger partial charge in [0, 0.05) is 17.8 Å². The van der Waals surface area contributed by atoms with E-state index in [9.17, 15) is 0 Å². The topological polar surface area (TPSA) is 21.3 Å². The van der Waals surface area contributed by atoms with E-state index in [0.29, 0.717) is 12.5 Å². The molecule has 0 aromatic heterocycles. The lowest BCUT2D eigenvalue weighted by molar-refractivity contribution is 0.301. The first kappa shape index (κ1) is 19.6. The molecule has 0 aliphatic carbocycles. The number of ether oxygens (including phenoxy) is 1. The van der Waals surface area contributed by atoms with Gasteiger partial charge in [-0.2, -0.15) is 0 Å². The van der Waals surface area contributed by atoms with Gasteiger partial charge in [-0.1, -0.05) is 68.4 Å². The normalized spacial score (nSPS) is 17.9. The van der Waals surface area contributed by atoms with Crippen molar-refractivity contribution in [2.24, 2.45) is 0 Å². The molecule has 1 heterocycles. The van der Waals surface area contributed by atoms with Crippen LogP contribution in [0.2, 0.25) is 0 Å². The molecule has 0 amide bonds. The Morgan fingerprint density at radius 2 is 1.66 bits per heavy atom. The number of hydrogen-bond donors (Lipinski definition) is 1. The minimum Gasteiger partial charge on any atom is -0.492 e. The van der Waals surface area contributed by atoms with E-state index in [4.69, 9.17) is 4.74 Å². The third-order valence-electron chi connectivity index (χ3n) is 6.48.